The quantitative estimate of drug-likeness (QED) is 0.556. The number of benzene rings is 2. The minimum absolute atomic E-state index is 0.211. The van der Waals surface area contributed by atoms with Crippen LogP contribution in [0.25, 0.3) is 0 Å². The maximum absolute atomic E-state index is 12.8. The average molecular weight is 408 g/mol. The number of urea groups is 1. The van der Waals surface area contributed by atoms with Crippen molar-refractivity contribution in [1.29, 1.82) is 0 Å². The van der Waals surface area contributed by atoms with Crippen LogP contribution in [-0.2, 0) is 16.0 Å². The molecule has 0 radical (unpaired) electrons. The zero-order valence-corrected chi connectivity index (χ0v) is 17.5. The summed E-state index contributed by atoms with van der Waals surface area (Å²) >= 11 is 0. The van der Waals surface area contributed by atoms with Gasteiger partial charge in [0.1, 0.15) is 0 Å². The number of carbonyl (C=O) groups is 2. The molecule has 1 aliphatic rings. The molecule has 0 aliphatic carbocycles. The molecule has 1 aliphatic heterocycles. The third kappa shape index (κ3) is 5.70. The van der Waals surface area contributed by atoms with Crippen molar-refractivity contribution < 1.29 is 14.3 Å². The first-order valence-electron chi connectivity index (χ1n) is 10.4. The number of hydrogen-bond donors (Lipinski definition) is 3. The smallest absolute Gasteiger partial charge is 0.338 e. The molecular weight excluding hydrogens is 378 g/mol. The predicted molar refractivity (Wildman–Crippen MR) is 117 cm³/mol. The summed E-state index contributed by atoms with van der Waals surface area (Å²) in [6.07, 6.45) is 1.90. The molecule has 0 saturated carbocycles. The SMILES string of the molecule is CCOC(=O)C1=C(CN[C@@H](C)CCc2ccccc2)NC(=O)N[C@@H]1c1ccccc1. The lowest BCUT2D eigenvalue weighted by molar-refractivity contribution is -0.139. The normalized spacial score (nSPS) is 17.1. The zero-order chi connectivity index (χ0) is 21.3. The highest BCUT2D eigenvalue weighted by atomic mass is 16.5. The van der Waals surface area contributed by atoms with Crippen molar-refractivity contribution in [2.45, 2.75) is 38.8 Å². The van der Waals surface area contributed by atoms with Gasteiger partial charge in [0.15, 0.2) is 0 Å². The molecule has 0 fully saturated rings. The van der Waals surface area contributed by atoms with Crippen LogP contribution >= 0.6 is 0 Å². The molecule has 0 saturated heterocycles. The van der Waals surface area contributed by atoms with Crippen molar-refractivity contribution in [1.82, 2.24) is 16.0 Å². The molecule has 0 spiro atoms. The lowest BCUT2D eigenvalue weighted by atomic mass is 9.95. The molecule has 2 amide bonds. The molecule has 3 N–H and O–H groups in total. The van der Waals surface area contributed by atoms with Gasteiger partial charge in [-0.15, -0.1) is 0 Å². The number of nitrogens with one attached hydrogen (secondary N) is 3. The Balaban J connectivity index is 1.75. The Labute approximate surface area is 177 Å². The number of esters is 1. The van der Waals surface area contributed by atoms with Crippen molar-refractivity contribution in [3.8, 4) is 0 Å². The van der Waals surface area contributed by atoms with E-state index >= 15 is 0 Å². The van der Waals surface area contributed by atoms with E-state index in [0.29, 0.717) is 17.8 Å². The van der Waals surface area contributed by atoms with E-state index in [1.165, 1.54) is 5.56 Å². The molecule has 1 heterocycles. The zero-order valence-electron chi connectivity index (χ0n) is 17.5. The van der Waals surface area contributed by atoms with E-state index in [9.17, 15) is 9.59 Å². The fraction of sp³-hybridized carbons (Fsp3) is 0.333. The van der Waals surface area contributed by atoms with Crippen LogP contribution in [0.3, 0.4) is 0 Å². The number of carbonyl (C=O) groups excluding carboxylic acids is 2. The van der Waals surface area contributed by atoms with Crippen LogP contribution in [-0.4, -0.2) is 31.2 Å². The van der Waals surface area contributed by atoms with E-state index in [1.54, 1.807) is 6.92 Å². The first-order valence-corrected chi connectivity index (χ1v) is 10.4. The van der Waals surface area contributed by atoms with Crippen LogP contribution in [0.2, 0.25) is 0 Å². The molecule has 2 aromatic rings. The summed E-state index contributed by atoms with van der Waals surface area (Å²) < 4.78 is 5.29. The van der Waals surface area contributed by atoms with E-state index in [2.05, 4.69) is 35.0 Å². The Morgan fingerprint density at radius 1 is 1.10 bits per heavy atom. The number of amides is 2. The van der Waals surface area contributed by atoms with Gasteiger partial charge >= 0.3 is 12.0 Å². The molecule has 0 aromatic heterocycles. The van der Waals surface area contributed by atoms with E-state index in [1.807, 2.05) is 48.5 Å². The van der Waals surface area contributed by atoms with Gasteiger partial charge in [-0.05, 0) is 37.8 Å². The predicted octanol–water partition coefficient (Wildman–Crippen LogP) is 3.47. The van der Waals surface area contributed by atoms with Gasteiger partial charge in [0.25, 0.3) is 0 Å². The van der Waals surface area contributed by atoms with Crippen molar-refractivity contribution in [2.24, 2.45) is 0 Å². The summed E-state index contributed by atoms with van der Waals surface area (Å²) in [5.74, 6) is -0.424. The highest BCUT2D eigenvalue weighted by molar-refractivity contribution is 5.95. The highest BCUT2D eigenvalue weighted by Gasteiger charge is 2.33. The van der Waals surface area contributed by atoms with Crippen molar-refractivity contribution in [3.63, 3.8) is 0 Å². The van der Waals surface area contributed by atoms with Crippen LogP contribution in [0, 0.1) is 0 Å². The number of aryl methyl sites for hydroxylation is 1. The van der Waals surface area contributed by atoms with Crippen LogP contribution in [0.4, 0.5) is 4.79 Å². The topological polar surface area (TPSA) is 79.5 Å². The van der Waals surface area contributed by atoms with Gasteiger partial charge in [-0.2, -0.15) is 0 Å². The van der Waals surface area contributed by atoms with E-state index in [-0.39, 0.29) is 18.7 Å². The molecule has 6 nitrogen and oxygen atoms in total. The monoisotopic (exact) mass is 407 g/mol. The summed E-state index contributed by atoms with van der Waals surface area (Å²) in [4.78, 5) is 25.1. The van der Waals surface area contributed by atoms with Crippen LogP contribution in [0.5, 0.6) is 0 Å². The minimum atomic E-state index is -0.546. The molecule has 158 valence electrons. The number of ether oxygens (including phenoxy) is 1. The standard InChI is InChI=1S/C24H29N3O3/c1-3-30-23(28)21-20(16-25-17(2)14-15-18-10-6-4-7-11-18)26-24(29)27-22(21)19-12-8-5-9-13-19/h4-13,17,22,25H,3,14-16H2,1-2H3,(H2,26,27,29)/t17-,22+/m0/s1. The summed E-state index contributed by atoms with van der Waals surface area (Å²) in [7, 11) is 0. The van der Waals surface area contributed by atoms with Gasteiger partial charge in [-0.3, -0.25) is 0 Å². The first kappa shape index (κ1) is 21.6. The van der Waals surface area contributed by atoms with Gasteiger partial charge < -0.3 is 20.7 Å². The second-order valence-corrected chi connectivity index (χ2v) is 7.36. The molecule has 2 atom stereocenters. The molecule has 6 heteroatoms. The van der Waals surface area contributed by atoms with E-state index in [0.717, 1.165) is 18.4 Å². The molecule has 2 aromatic carbocycles. The fourth-order valence-electron chi connectivity index (χ4n) is 3.51. The van der Waals surface area contributed by atoms with Gasteiger partial charge in [0.2, 0.25) is 0 Å². The van der Waals surface area contributed by atoms with Gasteiger partial charge in [0.05, 0.1) is 18.2 Å². The Hall–Kier alpha value is -3.12. The Kier molecular flexibility index (Phi) is 7.63. The second-order valence-electron chi connectivity index (χ2n) is 7.36. The highest BCUT2D eigenvalue weighted by Crippen LogP contribution is 2.27. The van der Waals surface area contributed by atoms with Crippen molar-refractivity contribution in [2.75, 3.05) is 13.2 Å². The van der Waals surface area contributed by atoms with Gasteiger partial charge in [-0.25, -0.2) is 9.59 Å². The summed E-state index contributed by atoms with van der Waals surface area (Å²) in [6.45, 7) is 4.52. The number of rotatable bonds is 9. The maximum Gasteiger partial charge on any atom is 0.338 e. The van der Waals surface area contributed by atoms with Gasteiger partial charge in [-0.1, -0.05) is 60.7 Å². The van der Waals surface area contributed by atoms with Crippen LogP contribution < -0.4 is 16.0 Å². The molecule has 3 rings (SSSR count). The lowest BCUT2D eigenvalue weighted by Gasteiger charge is -2.30. The van der Waals surface area contributed by atoms with E-state index in [4.69, 9.17) is 4.74 Å². The first-order chi connectivity index (χ1) is 14.6. The van der Waals surface area contributed by atoms with Crippen molar-refractivity contribution >= 4 is 12.0 Å². The second kappa shape index (κ2) is 10.6. The maximum atomic E-state index is 12.8. The Morgan fingerprint density at radius 3 is 2.43 bits per heavy atom. The fourth-order valence-corrected chi connectivity index (χ4v) is 3.51. The largest absolute Gasteiger partial charge is 0.463 e. The summed E-state index contributed by atoms with van der Waals surface area (Å²) in [5.41, 5.74) is 3.12. The Morgan fingerprint density at radius 2 is 1.77 bits per heavy atom. The van der Waals surface area contributed by atoms with Crippen molar-refractivity contribution in [3.05, 3.63) is 83.1 Å². The Bertz CT molecular complexity index is 881. The molecule has 0 bridgehead atoms. The van der Waals surface area contributed by atoms with Gasteiger partial charge in [0, 0.05) is 18.3 Å². The summed E-state index contributed by atoms with van der Waals surface area (Å²) in [5, 5.41) is 9.08. The molecule has 30 heavy (non-hydrogen) atoms. The van der Waals surface area contributed by atoms with E-state index < -0.39 is 12.0 Å². The third-order valence-electron chi connectivity index (χ3n) is 5.12. The lowest BCUT2D eigenvalue weighted by Crippen LogP contribution is -2.48. The molecule has 0 unspecified atom stereocenters. The average Bonchev–Trinajstić information content (AvgIpc) is 2.77. The summed E-state index contributed by atoms with van der Waals surface area (Å²) in [6, 6.07) is 19.1. The third-order valence-corrected chi connectivity index (χ3v) is 5.12. The van der Waals surface area contributed by atoms with Crippen LogP contribution in [0.1, 0.15) is 37.4 Å². The number of hydrogen-bond acceptors (Lipinski definition) is 4. The molecular formula is C24H29N3O3. The van der Waals surface area contributed by atoms with Crippen LogP contribution in [0.15, 0.2) is 71.9 Å². The minimum Gasteiger partial charge on any atom is -0.463 e.